The van der Waals surface area contributed by atoms with Crippen LogP contribution in [-0.4, -0.2) is 0 Å². The van der Waals surface area contributed by atoms with Crippen LogP contribution >= 0.6 is 0 Å². The van der Waals surface area contributed by atoms with Crippen molar-refractivity contribution in [2.45, 2.75) is 33.1 Å². The minimum absolute atomic E-state index is 0. The molecule has 0 unspecified atom stereocenters. The van der Waals surface area contributed by atoms with E-state index >= 15 is 0 Å². The van der Waals surface area contributed by atoms with Crippen LogP contribution in [0, 0.1) is 0 Å². The Bertz CT molecular complexity index is 11.4. The van der Waals surface area contributed by atoms with E-state index in [2.05, 4.69) is 13.8 Å². The molecule has 6 heavy (non-hydrogen) atoms. The van der Waals surface area contributed by atoms with Crippen molar-refractivity contribution in [1.82, 2.24) is 0 Å². The Morgan fingerprint density at radius 1 is 1.00 bits per heavy atom. The Labute approximate surface area is 50.5 Å². The van der Waals surface area contributed by atoms with Crippen molar-refractivity contribution in [3.63, 3.8) is 0 Å². The number of hydrogen-bond acceptors (Lipinski definition) is 0. The van der Waals surface area contributed by atoms with Crippen LogP contribution in [0.25, 0.3) is 0 Å². The smallest absolute Gasteiger partial charge is 0 e. The van der Waals surface area contributed by atoms with Crippen molar-refractivity contribution in [3.05, 3.63) is 0 Å². The van der Waals surface area contributed by atoms with Gasteiger partial charge in [-0.1, -0.05) is 33.1 Å². The zero-order chi connectivity index (χ0) is 4.12. The van der Waals surface area contributed by atoms with Crippen LogP contribution in [0.5, 0.6) is 0 Å². The summed E-state index contributed by atoms with van der Waals surface area (Å²) in [5.41, 5.74) is 0. The first-order valence-electron chi connectivity index (χ1n) is 2.41. The van der Waals surface area contributed by atoms with Crippen molar-refractivity contribution >= 4 is 0 Å². The Balaban J connectivity index is 0. The molecule has 0 aliphatic carbocycles. The zero-order valence-corrected chi connectivity index (χ0v) is 5.50. The second kappa shape index (κ2) is 9.10. The van der Waals surface area contributed by atoms with Gasteiger partial charge in [-0.15, -0.1) is 0 Å². The van der Waals surface area contributed by atoms with E-state index in [1.165, 1.54) is 19.3 Å². The molecule has 0 bridgehead atoms. The third-order valence-electron chi connectivity index (χ3n) is 0.707. The molecule has 0 atom stereocenters. The van der Waals surface area contributed by atoms with E-state index in [4.69, 9.17) is 0 Å². The monoisotopic (exact) mass is 131 g/mol. The Morgan fingerprint density at radius 3 is 1.33 bits per heavy atom. The van der Waals surface area contributed by atoms with Gasteiger partial charge in [-0.3, -0.25) is 0 Å². The minimum Gasteiger partial charge on any atom is -0.0654 e. The molecule has 0 amide bonds. The van der Waals surface area contributed by atoms with Crippen LogP contribution in [0.1, 0.15) is 33.1 Å². The van der Waals surface area contributed by atoms with Crippen LogP contribution < -0.4 is 0 Å². The van der Waals surface area contributed by atoms with E-state index in [1.807, 2.05) is 0 Å². The molecule has 0 heterocycles. The van der Waals surface area contributed by atoms with Gasteiger partial charge in [0, 0.05) is 16.8 Å². The summed E-state index contributed by atoms with van der Waals surface area (Å²) >= 11 is 0. The molecule has 0 aliphatic rings. The van der Waals surface area contributed by atoms with Crippen molar-refractivity contribution < 1.29 is 16.8 Å². The third-order valence-corrected chi connectivity index (χ3v) is 0.707. The normalized spacial score (nSPS) is 7.00. The number of rotatable bonds is 2. The van der Waals surface area contributed by atoms with Crippen LogP contribution in [0.4, 0.5) is 0 Å². The first kappa shape index (κ1) is 9.71. The SMILES string of the molecule is CCCCC.[Co]. The summed E-state index contributed by atoms with van der Waals surface area (Å²) in [4.78, 5) is 0. The van der Waals surface area contributed by atoms with Gasteiger partial charge < -0.3 is 0 Å². The summed E-state index contributed by atoms with van der Waals surface area (Å²) in [6.07, 6.45) is 4.08. The molecule has 0 aromatic heterocycles. The summed E-state index contributed by atoms with van der Waals surface area (Å²) in [5.74, 6) is 0. The van der Waals surface area contributed by atoms with E-state index in [1.54, 1.807) is 0 Å². The maximum absolute atomic E-state index is 2.21. The van der Waals surface area contributed by atoms with Crippen molar-refractivity contribution in [1.29, 1.82) is 0 Å². The van der Waals surface area contributed by atoms with E-state index < -0.39 is 0 Å². The molecule has 1 heteroatoms. The predicted molar refractivity (Wildman–Crippen MR) is 25.2 cm³/mol. The molecule has 0 rings (SSSR count). The van der Waals surface area contributed by atoms with Gasteiger partial charge in [0.1, 0.15) is 0 Å². The molecule has 0 spiro atoms. The van der Waals surface area contributed by atoms with Crippen LogP contribution in [0.2, 0.25) is 0 Å². The van der Waals surface area contributed by atoms with Gasteiger partial charge in [-0.25, -0.2) is 0 Å². The largest absolute Gasteiger partial charge is 0.0654 e. The fourth-order valence-electron chi connectivity index (χ4n) is 0.354. The van der Waals surface area contributed by atoms with E-state index in [0.717, 1.165) is 0 Å². The maximum Gasteiger partial charge on any atom is 0 e. The first-order valence-corrected chi connectivity index (χ1v) is 2.41. The standard InChI is InChI=1S/C5H12.Co/c1-3-5-4-2;/h3-5H2,1-2H3;. The van der Waals surface area contributed by atoms with Crippen molar-refractivity contribution in [3.8, 4) is 0 Å². The summed E-state index contributed by atoms with van der Waals surface area (Å²) in [6.45, 7) is 4.42. The second-order valence-corrected chi connectivity index (χ2v) is 1.35. The van der Waals surface area contributed by atoms with Gasteiger partial charge in [-0.05, 0) is 0 Å². The van der Waals surface area contributed by atoms with Gasteiger partial charge in [0.2, 0.25) is 0 Å². The average Bonchev–Trinajstić information content (AvgIpc) is 1.41. The van der Waals surface area contributed by atoms with Gasteiger partial charge in [0.15, 0.2) is 0 Å². The van der Waals surface area contributed by atoms with E-state index in [0.29, 0.717) is 0 Å². The summed E-state index contributed by atoms with van der Waals surface area (Å²) in [5, 5.41) is 0. The number of unbranched alkanes of at least 4 members (excludes halogenated alkanes) is 2. The molecule has 0 fully saturated rings. The van der Waals surface area contributed by atoms with E-state index in [9.17, 15) is 0 Å². The topological polar surface area (TPSA) is 0 Å². The summed E-state index contributed by atoms with van der Waals surface area (Å²) < 4.78 is 0. The average molecular weight is 131 g/mol. The molecular weight excluding hydrogens is 119 g/mol. The Hall–Kier alpha value is 0.506. The third kappa shape index (κ3) is 8.82. The molecule has 0 aromatic rings. The molecule has 41 valence electrons. The quantitative estimate of drug-likeness (QED) is 0.538. The minimum atomic E-state index is 0. The maximum atomic E-state index is 2.21. The Kier molecular flexibility index (Phi) is 14.7. The first-order chi connectivity index (χ1) is 2.41. The molecular formula is C5H12Co. The van der Waals surface area contributed by atoms with Crippen LogP contribution in [0.15, 0.2) is 0 Å². The van der Waals surface area contributed by atoms with Gasteiger partial charge in [0.05, 0.1) is 0 Å². The second-order valence-electron chi connectivity index (χ2n) is 1.35. The molecule has 0 saturated heterocycles. The van der Waals surface area contributed by atoms with Gasteiger partial charge >= 0.3 is 0 Å². The Morgan fingerprint density at radius 2 is 1.33 bits per heavy atom. The molecule has 0 saturated carbocycles. The van der Waals surface area contributed by atoms with Crippen LogP contribution in [-0.2, 0) is 16.8 Å². The van der Waals surface area contributed by atoms with Gasteiger partial charge in [0.25, 0.3) is 0 Å². The number of hydrogen-bond donors (Lipinski definition) is 0. The fourth-order valence-corrected chi connectivity index (χ4v) is 0.354. The zero-order valence-electron chi connectivity index (χ0n) is 4.45. The fraction of sp³-hybridized carbons (Fsp3) is 1.00. The predicted octanol–water partition coefficient (Wildman–Crippen LogP) is 2.19. The van der Waals surface area contributed by atoms with Crippen molar-refractivity contribution in [2.75, 3.05) is 0 Å². The molecule has 0 aliphatic heterocycles. The molecule has 0 N–H and O–H groups in total. The molecule has 0 nitrogen and oxygen atoms in total. The molecule has 0 aromatic carbocycles. The van der Waals surface area contributed by atoms with Gasteiger partial charge in [-0.2, -0.15) is 0 Å². The van der Waals surface area contributed by atoms with E-state index in [-0.39, 0.29) is 16.8 Å². The summed E-state index contributed by atoms with van der Waals surface area (Å²) in [6, 6.07) is 0. The summed E-state index contributed by atoms with van der Waals surface area (Å²) in [7, 11) is 0. The van der Waals surface area contributed by atoms with Crippen molar-refractivity contribution in [2.24, 2.45) is 0 Å². The molecule has 1 radical (unpaired) electrons. The van der Waals surface area contributed by atoms with Crippen LogP contribution in [0.3, 0.4) is 0 Å².